The zero-order valence-electron chi connectivity index (χ0n) is 16.0. The van der Waals surface area contributed by atoms with Gasteiger partial charge >= 0.3 is 5.63 Å². The van der Waals surface area contributed by atoms with Crippen LogP contribution in [-0.2, 0) is 16.0 Å². The highest BCUT2D eigenvalue weighted by Gasteiger charge is 2.08. The first kappa shape index (κ1) is 19.9. The summed E-state index contributed by atoms with van der Waals surface area (Å²) < 4.78 is 15.6. The number of hydrogen-bond donors (Lipinski definition) is 2. The maximum absolute atomic E-state index is 11.9. The van der Waals surface area contributed by atoms with Crippen LogP contribution >= 0.6 is 0 Å². The van der Waals surface area contributed by atoms with E-state index in [2.05, 4.69) is 10.9 Å². The molecular formula is C21H20N2O6. The number of nitrogens with one attached hydrogen (secondary N) is 2. The fraction of sp³-hybridized carbons (Fsp3) is 0.190. The van der Waals surface area contributed by atoms with Crippen molar-refractivity contribution in [1.29, 1.82) is 0 Å². The highest BCUT2D eigenvalue weighted by atomic mass is 16.5. The van der Waals surface area contributed by atoms with Gasteiger partial charge in [0.25, 0.3) is 5.91 Å². The van der Waals surface area contributed by atoms with Crippen LogP contribution in [0.5, 0.6) is 11.5 Å². The molecule has 0 aliphatic rings. The Labute approximate surface area is 166 Å². The molecule has 2 N–H and O–H groups in total. The van der Waals surface area contributed by atoms with E-state index < -0.39 is 11.5 Å². The van der Waals surface area contributed by atoms with Crippen LogP contribution in [0, 0.1) is 6.92 Å². The molecule has 8 nitrogen and oxygen atoms in total. The smallest absolute Gasteiger partial charge is 0.336 e. The van der Waals surface area contributed by atoms with Gasteiger partial charge in [-0.15, -0.1) is 0 Å². The first-order valence-corrected chi connectivity index (χ1v) is 8.82. The normalized spacial score (nSPS) is 10.4. The Bertz CT molecular complexity index is 1090. The highest BCUT2D eigenvalue weighted by Crippen LogP contribution is 2.22. The van der Waals surface area contributed by atoms with Crippen molar-refractivity contribution >= 4 is 22.8 Å². The van der Waals surface area contributed by atoms with E-state index in [0.29, 0.717) is 17.1 Å². The van der Waals surface area contributed by atoms with E-state index in [4.69, 9.17) is 13.9 Å². The van der Waals surface area contributed by atoms with Gasteiger partial charge in [-0.05, 0) is 42.3 Å². The van der Waals surface area contributed by atoms with Gasteiger partial charge in [0.1, 0.15) is 17.1 Å². The Kier molecular flexibility index (Phi) is 6.13. The maximum atomic E-state index is 11.9. The summed E-state index contributed by atoms with van der Waals surface area (Å²) in [7, 11) is 1.56. The molecule has 0 fully saturated rings. The first-order valence-electron chi connectivity index (χ1n) is 8.82. The molecule has 0 unspecified atom stereocenters. The second kappa shape index (κ2) is 8.92. The van der Waals surface area contributed by atoms with Crippen LogP contribution in [0.1, 0.15) is 11.1 Å². The Balaban J connectivity index is 1.48. The van der Waals surface area contributed by atoms with Crippen molar-refractivity contribution in [3.8, 4) is 11.5 Å². The van der Waals surface area contributed by atoms with Crippen molar-refractivity contribution in [3.63, 3.8) is 0 Å². The van der Waals surface area contributed by atoms with Crippen LogP contribution in [0.2, 0.25) is 0 Å². The Hall–Kier alpha value is -3.81. The number of aryl methyl sites for hydroxylation is 1. The summed E-state index contributed by atoms with van der Waals surface area (Å²) in [5.41, 5.74) is 6.11. The second-order valence-electron chi connectivity index (χ2n) is 6.32. The van der Waals surface area contributed by atoms with Gasteiger partial charge in [-0.3, -0.25) is 20.4 Å². The Morgan fingerprint density at radius 3 is 2.38 bits per heavy atom. The van der Waals surface area contributed by atoms with Crippen LogP contribution < -0.4 is 26.0 Å². The van der Waals surface area contributed by atoms with Gasteiger partial charge in [-0.25, -0.2) is 4.79 Å². The quantitative estimate of drug-likeness (QED) is 0.487. The zero-order chi connectivity index (χ0) is 20.8. The van der Waals surface area contributed by atoms with Gasteiger partial charge in [0.05, 0.1) is 13.5 Å². The van der Waals surface area contributed by atoms with E-state index >= 15 is 0 Å². The monoisotopic (exact) mass is 396 g/mol. The fourth-order valence-electron chi connectivity index (χ4n) is 2.69. The molecule has 1 aromatic heterocycles. The highest BCUT2D eigenvalue weighted by molar-refractivity contribution is 5.84. The minimum absolute atomic E-state index is 0.105. The van der Waals surface area contributed by atoms with E-state index in [1.807, 2.05) is 6.92 Å². The number of hydrazine groups is 1. The standard InChI is InChI=1S/C21H20N2O6/c1-13-9-21(26)29-18-11-16(7-8-17(13)18)28-12-20(25)23-22-19(24)10-14-3-5-15(27-2)6-4-14/h3-9,11H,10,12H2,1-2H3,(H,22,24)(H,23,25). The van der Waals surface area contributed by atoms with E-state index in [1.54, 1.807) is 49.6 Å². The zero-order valence-corrected chi connectivity index (χ0v) is 16.0. The molecule has 150 valence electrons. The number of methoxy groups -OCH3 is 1. The lowest BCUT2D eigenvalue weighted by Crippen LogP contribution is -2.44. The van der Waals surface area contributed by atoms with Crippen molar-refractivity contribution in [2.45, 2.75) is 13.3 Å². The van der Waals surface area contributed by atoms with Crippen LogP contribution in [-0.4, -0.2) is 25.5 Å². The Morgan fingerprint density at radius 1 is 0.966 bits per heavy atom. The number of fused-ring (bicyclic) bond motifs is 1. The molecule has 1 heterocycles. The van der Waals surface area contributed by atoms with Crippen LogP contribution in [0.3, 0.4) is 0 Å². The molecule has 0 atom stereocenters. The molecule has 0 radical (unpaired) electrons. The average Bonchev–Trinajstić information content (AvgIpc) is 2.71. The van der Waals surface area contributed by atoms with Crippen molar-refractivity contribution in [3.05, 3.63) is 70.1 Å². The second-order valence-corrected chi connectivity index (χ2v) is 6.32. The molecule has 3 rings (SSSR count). The largest absolute Gasteiger partial charge is 0.497 e. The van der Waals surface area contributed by atoms with Crippen LogP contribution in [0.15, 0.2) is 57.7 Å². The summed E-state index contributed by atoms with van der Waals surface area (Å²) in [5.74, 6) is 0.166. The SMILES string of the molecule is COc1ccc(CC(=O)NNC(=O)COc2ccc3c(C)cc(=O)oc3c2)cc1. The van der Waals surface area contributed by atoms with Gasteiger partial charge in [-0.2, -0.15) is 0 Å². The van der Waals surface area contributed by atoms with E-state index in [-0.39, 0.29) is 18.9 Å². The number of ether oxygens (including phenoxy) is 2. The van der Waals surface area contributed by atoms with Gasteiger partial charge in [0, 0.05) is 17.5 Å². The molecule has 0 aliphatic carbocycles. The van der Waals surface area contributed by atoms with Crippen molar-refractivity contribution in [2.24, 2.45) is 0 Å². The molecule has 0 spiro atoms. The predicted molar refractivity (Wildman–Crippen MR) is 106 cm³/mol. The molecule has 0 bridgehead atoms. The topological polar surface area (TPSA) is 107 Å². The average molecular weight is 396 g/mol. The molecule has 0 saturated heterocycles. The lowest BCUT2D eigenvalue weighted by molar-refractivity contribution is -0.129. The third kappa shape index (κ3) is 5.35. The molecular weight excluding hydrogens is 376 g/mol. The first-order chi connectivity index (χ1) is 13.9. The summed E-state index contributed by atoms with van der Waals surface area (Å²) in [4.78, 5) is 35.3. The molecule has 8 heteroatoms. The van der Waals surface area contributed by atoms with Crippen LogP contribution in [0.4, 0.5) is 0 Å². The molecule has 0 saturated carbocycles. The van der Waals surface area contributed by atoms with Crippen molar-refractivity contribution in [1.82, 2.24) is 10.9 Å². The molecule has 29 heavy (non-hydrogen) atoms. The molecule has 2 amide bonds. The lowest BCUT2D eigenvalue weighted by atomic mass is 10.1. The summed E-state index contributed by atoms with van der Waals surface area (Å²) in [5, 5.41) is 0.784. The van der Waals surface area contributed by atoms with Gasteiger partial charge < -0.3 is 13.9 Å². The molecule has 0 aliphatic heterocycles. The van der Waals surface area contributed by atoms with Crippen molar-refractivity contribution < 1.29 is 23.5 Å². The minimum atomic E-state index is -0.529. The number of carbonyl (C=O) groups is 2. The summed E-state index contributed by atoms with van der Waals surface area (Å²) in [6.07, 6.45) is 0.105. The van der Waals surface area contributed by atoms with Crippen molar-refractivity contribution in [2.75, 3.05) is 13.7 Å². The minimum Gasteiger partial charge on any atom is -0.497 e. The Morgan fingerprint density at radius 2 is 1.66 bits per heavy atom. The number of amides is 2. The van der Waals surface area contributed by atoms with E-state index in [0.717, 1.165) is 16.5 Å². The van der Waals surface area contributed by atoms with Gasteiger partial charge in [0.15, 0.2) is 6.61 Å². The van der Waals surface area contributed by atoms with E-state index in [1.165, 1.54) is 6.07 Å². The number of hydrogen-bond acceptors (Lipinski definition) is 6. The summed E-state index contributed by atoms with van der Waals surface area (Å²) in [6, 6.07) is 13.4. The fourth-order valence-corrected chi connectivity index (χ4v) is 2.69. The van der Waals surface area contributed by atoms with Crippen LogP contribution in [0.25, 0.3) is 11.0 Å². The van der Waals surface area contributed by atoms with Gasteiger partial charge in [-0.1, -0.05) is 12.1 Å². The maximum Gasteiger partial charge on any atom is 0.336 e. The summed E-state index contributed by atoms with van der Waals surface area (Å²) in [6.45, 7) is 1.49. The van der Waals surface area contributed by atoms with Gasteiger partial charge in [0.2, 0.25) is 5.91 Å². The molecule has 2 aromatic carbocycles. The number of carbonyl (C=O) groups excluding carboxylic acids is 2. The third-order valence-electron chi connectivity index (χ3n) is 4.16. The predicted octanol–water partition coefficient (Wildman–Crippen LogP) is 1.88. The summed E-state index contributed by atoms with van der Waals surface area (Å²) >= 11 is 0. The lowest BCUT2D eigenvalue weighted by Gasteiger charge is -2.10. The number of rotatable bonds is 6. The number of benzene rings is 2. The van der Waals surface area contributed by atoms with E-state index in [9.17, 15) is 14.4 Å². The molecule has 3 aromatic rings. The third-order valence-corrected chi connectivity index (χ3v) is 4.16.